The molecule has 2 nitrogen and oxygen atoms in total. The largest absolute Gasteiger partial charge is 0.321 e. The van der Waals surface area contributed by atoms with Gasteiger partial charge in [-0.05, 0) is 49.2 Å². The van der Waals surface area contributed by atoms with Crippen LogP contribution in [0, 0.1) is 13.8 Å². The van der Waals surface area contributed by atoms with Crippen molar-refractivity contribution in [2.75, 3.05) is 5.32 Å². The van der Waals surface area contributed by atoms with Crippen molar-refractivity contribution >= 4 is 50.7 Å². The molecular formula is C15H12BrCl2NO. The van der Waals surface area contributed by atoms with Crippen LogP contribution in [-0.4, -0.2) is 5.91 Å². The molecule has 0 atom stereocenters. The summed E-state index contributed by atoms with van der Waals surface area (Å²) in [7, 11) is 0. The lowest BCUT2D eigenvalue weighted by Gasteiger charge is -2.11. The van der Waals surface area contributed by atoms with E-state index in [0.717, 1.165) is 15.6 Å². The Balaban J connectivity index is 2.33. The van der Waals surface area contributed by atoms with Crippen LogP contribution in [0.2, 0.25) is 10.0 Å². The van der Waals surface area contributed by atoms with Crippen LogP contribution in [0.1, 0.15) is 21.5 Å². The molecule has 0 spiro atoms. The molecule has 2 rings (SSSR count). The first-order valence-electron chi connectivity index (χ1n) is 5.92. The van der Waals surface area contributed by atoms with Crippen LogP contribution in [0.4, 0.5) is 5.69 Å². The van der Waals surface area contributed by atoms with Crippen LogP contribution in [0.5, 0.6) is 0 Å². The van der Waals surface area contributed by atoms with Gasteiger partial charge in [0.15, 0.2) is 0 Å². The van der Waals surface area contributed by atoms with Crippen molar-refractivity contribution in [1.82, 2.24) is 0 Å². The van der Waals surface area contributed by atoms with Crippen molar-refractivity contribution in [1.29, 1.82) is 0 Å². The summed E-state index contributed by atoms with van der Waals surface area (Å²) in [6.07, 6.45) is 0. The Hall–Kier alpha value is -1.03. The molecule has 0 aliphatic carbocycles. The zero-order chi connectivity index (χ0) is 14.9. The Morgan fingerprint density at radius 1 is 1.15 bits per heavy atom. The molecule has 104 valence electrons. The molecule has 0 heterocycles. The molecule has 0 unspecified atom stereocenters. The van der Waals surface area contributed by atoms with Gasteiger partial charge in [-0.1, -0.05) is 45.2 Å². The predicted octanol–water partition coefficient (Wildman–Crippen LogP) is 5.63. The lowest BCUT2D eigenvalue weighted by atomic mass is 10.1. The van der Waals surface area contributed by atoms with Crippen molar-refractivity contribution in [2.45, 2.75) is 13.8 Å². The summed E-state index contributed by atoms with van der Waals surface area (Å²) in [5.41, 5.74) is 2.84. The van der Waals surface area contributed by atoms with Gasteiger partial charge in [0.05, 0.1) is 10.7 Å². The second-order valence-electron chi connectivity index (χ2n) is 4.45. The summed E-state index contributed by atoms with van der Waals surface area (Å²) in [6, 6.07) is 8.86. The van der Waals surface area contributed by atoms with Gasteiger partial charge in [0, 0.05) is 15.1 Å². The SMILES string of the molecule is Cc1cc(Cl)c(NC(=O)c2cccc(Br)c2C)cc1Cl. The van der Waals surface area contributed by atoms with Crippen LogP contribution < -0.4 is 5.32 Å². The fourth-order valence-electron chi connectivity index (χ4n) is 1.79. The van der Waals surface area contributed by atoms with Crippen molar-refractivity contribution in [3.05, 3.63) is 61.5 Å². The first-order chi connectivity index (χ1) is 9.40. The van der Waals surface area contributed by atoms with Crippen LogP contribution in [0.3, 0.4) is 0 Å². The molecule has 0 fully saturated rings. The second kappa shape index (κ2) is 6.17. The van der Waals surface area contributed by atoms with Gasteiger partial charge in [0.25, 0.3) is 5.91 Å². The summed E-state index contributed by atoms with van der Waals surface area (Å²) in [6.45, 7) is 3.74. The zero-order valence-corrected chi connectivity index (χ0v) is 14.0. The highest BCUT2D eigenvalue weighted by Crippen LogP contribution is 2.29. The number of halogens is 3. The monoisotopic (exact) mass is 371 g/mol. The number of hydrogen-bond acceptors (Lipinski definition) is 1. The lowest BCUT2D eigenvalue weighted by Crippen LogP contribution is -2.14. The number of carbonyl (C=O) groups excluding carboxylic acids is 1. The van der Waals surface area contributed by atoms with Gasteiger partial charge in [-0.3, -0.25) is 4.79 Å². The average Bonchev–Trinajstić information content (AvgIpc) is 2.39. The van der Waals surface area contributed by atoms with Crippen molar-refractivity contribution in [3.8, 4) is 0 Å². The highest BCUT2D eigenvalue weighted by Gasteiger charge is 2.13. The number of hydrogen-bond donors (Lipinski definition) is 1. The van der Waals surface area contributed by atoms with E-state index in [2.05, 4.69) is 21.2 Å². The summed E-state index contributed by atoms with van der Waals surface area (Å²) in [5, 5.41) is 3.82. The molecule has 0 radical (unpaired) electrons. The standard InChI is InChI=1S/C15H12BrCl2NO/c1-8-6-13(18)14(7-12(8)17)19-15(20)10-4-3-5-11(16)9(10)2/h3-7H,1-2H3,(H,19,20). The number of aryl methyl sites for hydroxylation is 1. The van der Waals surface area contributed by atoms with Crippen molar-refractivity contribution < 1.29 is 4.79 Å². The maximum absolute atomic E-state index is 12.3. The molecule has 2 aromatic rings. The van der Waals surface area contributed by atoms with E-state index in [4.69, 9.17) is 23.2 Å². The molecule has 1 amide bonds. The van der Waals surface area contributed by atoms with E-state index in [1.165, 1.54) is 0 Å². The Morgan fingerprint density at radius 2 is 1.85 bits per heavy atom. The average molecular weight is 373 g/mol. The van der Waals surface area contributed by atoms with Gasteiger partial charge in [-0.2, -0.15) is 0 Å². The maximum Gasteiger partial charge on any atom is 0.256 e. The Kier molecular flexibility index (Phi) is 4.74. The van der Waals surface area contributed by atoms with Gasteiger partial charge >= 0.3 is 0 Å². The molecular weight excluding hydrogens is 361 g/mol. The third-order valence-electron chi connectivity index (χ3n) is 3.01. The number of benzene rings is 2. The fourth-order valence-corrected chi connectivity index (χ4v) is 2.58. The number of nitrogens with one attached hydrogen (secondary N) is 1. The predicted molar refractivity (Wildman–Crippen MR) is 88.0 cm³/mol. The van der Waals surface area contributed by atoms with E-state index in [-0.39, 0.29) is 5.91 Å². The maximum atomic E-state index is 12.3. The minimum absolute atomic E-state index is 0.217. The van der Waals surface area contributed by atoms with Crippen LogP contribution in [0.25, 0.3) is 0 Å². The second-order valence-corrected chi connectivity index (χ2v) is 6.12. The summed E-state index contributed by atoms with van der Waals surface area (Å²) in [4.78, 5) is 12.3. The minimum atomic E-state index is -0.217. The highest BCUT2D eigenvalue weighted by atomic mass is 79.9. The Morgan fingerprint density at radius 3 is 2.55 bits per heavy atom. The number of amides is 1. The number of carbonyl (C=O) groups is 1. The van der Waals surface area contributed by atoms with Crippen LogP contribution in [-0.2, 0) is 0 Å². The van der Waals surface area contributed by atoms with E-state index in [1.54, 1.807) is 18.2 Å². The van der Waals surface area contributed by atoms with Crippen molar-refractivity contribution in [2.24, 2.45) is 0 Å². The highest BCUT2D eigenvalue weighted by molar-refractivity contribution is 9.10. The van der Waals surface area contributed by atoms with Gasteiger partial charge in [-0.15, -0.1) is 0 Å². The summed E-state index contributed by atoms with van der Waals surface area (Å²) < 4.78 is 0.887. The molecule has 0 bridgehead atoms. The molecule has 0 saturated heterocycles. The van der Waals surface area contributed by atoms with Crippen LogP contribution >= 0.6 is 39.1 Å². The van der Waals surface area contributed by atoms with Crippen LogP contribution in [0.15, 0.2) is 34.8 Å². The minimum Gasteiger partial charge on any atom is -0.321 e. The number of rotatable bonds is 2. The molecule has 20 heavy (non-hydrogen) atoms. The quantitative estimate of drug-likeness (QED) is 0.727. The summed E-state index contributed by atoms with van der Waals surface area (Å²) >= 11 is 15.6. The third kappa shape index (κ3) is 3.17. The normalized spacial score (nSPS) is 10.4. The van der Waals surface area contributed by atoms with Gasteiger partial charge in [-0.25, -0.2) is 0 Å². The van der Waals surface area contributed by atoms with E-state index in [0.29, 0.717) is 21.3 Å². The molecule has 0 aromatic heterocycles. The van der Waals surface area contributed by atoms with E-state index >= 15 is 0 Å². The zero-order valence-electron chi connectivity index (χ0n) is 10.9. The number of anilines is 1. The molecule has 2 aromatic carbocycles. The molecule has 5 heteroatoms. The lowest BCUT2D eigenvalue weighted by molar-refractivity contribution is 0.102. The first kappa shape index (κ1) is 15.4. The molecule has 0 aliphatic heterocycles. The third-order valence-corrected chi connectivity index (χ3v) is 4.59. The molecule has 1 N–H and O–H groups in total. The smallest absolute Gasteiger partial charge is 0.256 e. The van der Waals surface area contributed by atoms with E-state index in [1.807, 2.05) is 26.0 Å². The van der Waals surface area contributed by atoms with Crippen molar-refractivity contribution in [3.63, 3.8) is 0 Å². The first-order valence-corrected chi connectivity index (χ1v) is 7.47. The van der Waals surface area contributed by atoms with Gasteiger partial charge in [0.1, 0.15) is 0 Å². The molecule has 0 saturated carbocycles. The fraction of sp³-hybridized carbons (Fsp3) is 0.133. The van der Waals surface area contributed by atoms with E-state index < -0.39 is 0 Å². The molecule has 0 aliphatic rings. The van der Waals surface area contributed by atoms with Gasteiger partial charge in [0.2, 0.25) is 0 Å². The summed E-state index contributed by atoms with van der Waals surface area (Å²) in [5.74, 6) is -0.217. The van der Waals surface area contributed by atoms with Gasteiger partial charge < -0.3 is 5.32 Å². The Bertz CT molecular complexity index is 686. The van der Waals surface area contributed by atoms with E-state index in [9.17, 15) is 4.79 Å². The topological polar surface area (TPSA) is 29.1 Å². The Labute approximate surface area is 136 Å².